The van der Waals surface area contributed by atoms with Crippen LogP contribution < -0.4 is 5.73 Å². The van der Waals surface area contributed by atoms with Crippen molar-refractivity contribution in [3.63, 3.8) is 0 Å². The van der Waals surface area contributed by atoms with E-state index in [0.29, 0.717) is 17.6 Å². The van der Waals surface area contributed by atoms with Gasteiger partial charge >= 0.3 is 0 Å². The summed E-state index contributed by atoms with van der Waals surface area (Å²) in [7, 11) is 0. The topological polar surface area (TPSA) is 60.5 Å². The van der Waals surface area contributed by atoms with Crippen LogP contribution in [0.2, 0.25) is 0 Å². The standard InChI is InChI=1S/C16H25N3O2/c1-2-6-18-10-13(17)8-15(18)16(20)19(14-3-4-14)9-12-5-7-21-11-12/h8,10,12,14H,2-7,9,11,17H2,1H3. The van der Waals surface area contributed by atoms with Gasteiger partial charge in [0.15, 0.2) is 0 Å². The second kappa shape index (κ2) is 6.10. The van der Waals surface area contributed by atoms with Crippen LogP contribution in [0.5, 0.6) is 0 Å². The number of hydrogen-bond acceptors (Lipinski definition) is 3. The second-order valence-corrected chi connectivity index (χ2v) is 6.27. The Kier molecular flexibility index (Phi) is 4.19. The number of ether oxygens (including phenoxy) is 1. The number of carbonyl (C=O) groups excluding carboxylic acids is 1. The number of hydrogen-bond donors (Lipinski definition) is 1. The molecule has 1 aromatic rings. The Morgan fingerprint density at radius 1 is 1.48 bits per heavy atom. The highest BCUT2D eigenvalue weighted by atomic mass is 16.5. The highest BCUT2D eigenvalue weighted by Crippen LogP contribution is 2.31. The van der Waals surface area contributed by atoms with Crippen molar-refractivity contribution < 1.29 is 9.53 Å². The van der Waals surface area contributed by atoms with Crippen molar-refractivity contribution in [2.75, 3.05) is 25.5 Å². The van der Waals surface area contributed by atoms with E-state index in [2.05, 4.69) is 11.8 Å². The van der Waals surface area contributed by atoms with E-state index in [1.54, 1.807) is 0 Å². The van der Waals surface area contributed by atoms with Gasteiger partial charge in [0.05, 0.1) is 12.3 Å². The molecule has 1 unspecified atom stereocenters. The molecular weight excluding hydrogens is 266 g/mol. The summed E-state index contributed by atoms with van der Waals surface area (Å²) in [6, 6.07) is 2.24. The number of nitrogens with two attached hydrogens (primary N) is 1. The molecule has 0 aromatic carbocycles. The molecule has 1 saturated heterocycles. The van der Waals surface area contributed by atoms with Gasteiger partial charge in [0.1, 0.15) is 5.69 Å². The molecule has 1 aliphatic carbocycles. The number of aromatic nitrogens is 1. The summed E-state index contributed by atoms with van der Waals surface area (Å²) in [6.07, 6.45) is 6.19. The van der Waals surface area contributed by atoms with Gasteiger partial charge in [-0.05, 0) is 31.7 Å². The molecule has 1 aromatic heterocycles. The normalized spacial score (nSPS) is 21.7. The van der Waals surface area contributed by atoms with Crippen molar-refractivity contribution >= 4 is 11.6 Å². The third-order valence-corrected chi connectivity index (χ3v) is 4.33. The number of rotatable bonds is 6. The molecule has 0 spiro atoms. The van der Waals surface area contributed by atoms with Crippen molar-refractivity contribution in [3.8, 4) is 0 Å². The van der Waals surface area contributed by atoms with Crippen LogP contribution >= 0.6 is 0 Å². The Balaban J connectivity index is 1.76. The number of anilines is 1. The Hall–Kier alpha value is -1.49. The summed E-state index contributed by atoms with van der Waals surface area (Å²) in [4.78, 5) is 15.0. The minimum absolute atomic E-state index is 0.134. The third kappa shape index (κ3) is 3.23. The van der Waals surface area contributed by atoms with E-state index in [-0.39, 0.29) is 5.91 Å². The van der Waals surface area contributed by atoms with Crippen molar-refractivity contribution in [2.24, 2.45) is 5.92 Å². The van der Waals surface area contributed by atoms with E-state index in [1.807, 2.05) is 16.8 Å². The zero-order valence-electron chi connectivity index (χ0n) is 12.8. The lowest BCUT2D eigenvalue weighted by Gasteiger charge is -2.25. The first-order valence-corrected chi connectivity index (χ1v) is 8.03. The monoisotopic (exact) mass is 291 g/mol. The van der Waals surface area contributed by atoms with E-state index in [1.165, 1.54) is 0 Å². The number of nitrogens with zero attached hydrogens (tertiary/aromatic N) is 2. The molecule has 2 aliphatic rings. The predicted molar refractivity (Wildman–Crippen MR) is 82.1 cm³/mol. The fourth-order valence-corrected chi connectivity index (χ4v) is 3.07. The van der Waals surface area contributed by atoms with Crippen LogP contribution in [-0.4, -0.2) is 41.2 Å². The van der Waals surface area contributed by atoms with Crippen LogP contribution in [0, 0.1) is 5.92 Å². The van der Waals surface area contributed by atoms with Crippen LogP contribution in [0.4, 0.5) is 5.69 Å². The van der Waals surface area contributed by atoms with Gasteiger partial charge in [0.25, 0.3) is 5.91 Å². The zero-order chi connectivity index (χ0) is 14.8. The molecule has 1 aliphatic heterocycles. The molecule has 21 heavy (non-hydrogen) atoms. The largest absolute Gasteiger partial charge is 0.397 e. The minimum Gasteiger partial charge on any atom is -0.397 e. The predicted octanol–water partition coefficient (Wildman–Crippen LogP) is 2.12. The van der Waals surface area contributed by atoms with Gasteiger partial charge in [0, 0.05) is 37.9 Å². The average Bonchev–Trinajstić information content (AvgIpc) is 3.04. The average molecular weight is 291 g/mol. The summed E-state index contributed by atoms with van der Waals surface area (Å²) in [5.41, 5.74) is 7.30. The minimum atomic E-state index is 0.134. The molecule has 1 saturated carbocycles. The van der Waals surface area contributed by atoms with Gasteiger partial charge < -0.3 is 19.9 Å². The highest BCUT2D eigenvalue weighted by molar-refractivity contribution is 5.94. The van der Waals surface area contributed by atoms with Crippen LogP contribution in [0.1, 0.15) is 43.1 Å². The first-order chi connectivity index (χ1) is 10.2. The molecule has 2 N–H and O–H groups in total. The molecule has 5 nitrogen and oxygen atoms in total. The molecule has 2 heterocycles. The Morgan fingerprint density at radius 2 is 2.29 bits per heavy atom. The number of carbonyl (C=O) groups is 1. The van der Waals surface area contributed by atoms with E-state index >= 15 is 0 Å². The lowest BCUT2D eigenvalue weighted by Crippen LogP contribution is -2.38. The maximum Gasteiger partial charge on any atom is 0.270 e. The van der Waals surface area contributed by atoms with E-state index in [4.69, 9.17) is 10.5 Å². The highest BCUT2D eigenvalue weighted by Gasteiger charge is 2.36. The Bertz CT molecular complexity index is 502. The van der Waals surface area contributed by atoms with Crippen molar-refractivity contribution in [2.45, 2.75) is 45.2 Å². The lowest BCUT2D eigenvalue weighted by atomic mass is 10.1. The summed E-state index contributed by atoms with van der Waals surface area (Å²) < 4.78 is 7.45. The fourth-order valence-electron chi connectivity index (χ4n) is 3.07. The zero-order valence-corrected chi connectivity index (χ0v) is 12.8. The number of aryl methyl sites for hydroxylation is 1. The molecule has 3 rings (SSSR count). The number of amides is 1. The quantitative estimate of drug-likeness (QED) is 0.873. The maximum atomic E-state index is 12.9. The summed E-state index contributed by atoms with van der Waals surface area (Å²) in [5, 5.41) is 0. The summed E-state index contributed by atoms with van der Waals surface area (Å²) >= 11 is 0. The van der Waals surface area contributed by atoms with Gasteiger partial charge in [-0.25, -0.2) is 0 Å². The van der Waals surface area contributed by atoms with E-state index in [0.717, 1.165) is 57.7 Å². The van der Waals surface area contributed by atoms with E-state index < -0.39 is 0 Å². The number of nitrogen functional groups attached to an aromatic ring is 1. The van der Waals surface area contributed by atoms with Gasteiger partial charge in [0.2, 0.25) is 0 Å². The first kappa shape index (κ1) is 14.4. The van der Waals surface area contributed by atoms with Crippen molar-refractivity contribution in [1.82, 2.24) is 9.47 Å². The fraction of sp³-hybridized carbons (Fsp3) is 0.688. The first-order valence-electron chi connectivity index (χ1n) is 8.03. The van der Waals surface area contributed by atoms with E-state index in [9.17, 15) is 4.79 Å². The van der Waals surface area contributed by atoms with Crippen LogP contribution in [0.3, 0.4) is 0 Å². The SMILES string of the molecule is CCCn1cc(N)cc1C(=O)N(CC1CCOC1)C1CC1. The van der Waals surface area contributed by atoms with Crippen LogP contribution in [0.25, 0.3) is 0 Å². The summed E-state index contributed by atoms with van der Waals surface area (Å²) in [6.45, 7) is 5.38. The van der Waals surface area contributed by atoms with Crippen LogP contribution in [-0.2, 0) is 11.3 Å². The second-order valence-electron chi connectivity index (χ2n) is 6.27. The molecule has 1 atom stereocenters. The maximum absolute atomic E-state index is 12.9. The third-order valence-electron chi connectivity index (χ3n) is 4.33. The van der Waals surface area contributed by atoms with Crippen molar-refractivity contribution in [1.29, 1.82) is 0 Å². The lowest BCUT2D eigenvalue weighted by molar-refractivity contribution is 0.0695. The van der Waals surface area contributed by atoms with Gasteiger partial charge in [-0.2, -0.15) is 0 Å². The Labute approximate surface area is 126 Å². The smallest absolute Gasteiger partial charge is 0.270 e. The Morgan fingerprint density at radius 3 is 2.90 bits per heavy atom. The summed E-state index contributed by atoms with van der Waals surface area (Å²) in [5.74, 6) is 0.621. The van der Waals surface area contributed by atoms with Gasteiger partial charge in [-0.3, -0.25) is 4.79 Å². The molecule has 1 amide bonds. The van der Waals surface area contributed by atoms with Gasteiger partial charge in [-0.1, -0.05) is 6.92 Å². The molecule has 0 radical (unpaired) electrons. The van der Waals surface area contributed by atoms with Crippen LogP contribution in [0.15, 0.2) is 12.3 Å². The molecule has 116 valence electrons. The van der Waals surface area contributed by atoms with Gasteiger partial charge in [-0.15, -0.1) is 0 Å². The molecule has 0 bridgehead atoms. The molecular formula is C16H25N3O2. The molecule has 2 fully saturated rings. The van der Waals surface area contributed by atoms with Crippen molar-refractivity contribution in [3.05, 3.63) is 18.0 Å². The molecule has 5 heteroatoms.